The molecule has 0 fully saturated rings. The van der Waals surface area contributed by atoms with Gasteiger partial charge in [0.15, 0.2) is 5.60 Å². The summed E-state index contributed by atoms with van der Waals surface area (Å²) in [5.41, 5.74) is 11.7. The molecule has 3 aromatic rings. The summed E-state index contributed by atoms with van der Waals surface area (Å²) in [5, 5.41) is 12.1. The number of ether oxygens (including phenoxy) is 1. The summed E-state index contributed by atoms with van der Waals surface area (Å²) in [6, 6.07) is 5.93. The summed E-state index contributed by atoms with van der Waals surface area (Å²) in [6.07, 6.45) is 3.35. The van der Waals surface area contributed by atoms with Crippen LogP contribution < -0.4 is 11.3 Å². The number of cyclic esters (lactones) is 1. The largest absolute Gasteiger partial charge is 0.458 e. The van der Waals surface area contributed by atoms with Crippen molar-refractivity contribution in [2.24, 2.45) is 5.73 Å². The Hall–Kier alpha value is -3.03. The molecule has 7 nitrogen and oxygen atoms in total. The molecule has 0 amide bonds. The van der Waals surface area contributed by atoms with Gasteiger partial charge in [-0.05, 0) is 54.5 Å². The van der Waals surface area contributed by atoms with E-state index in [9.17, 15) is 14.7 Å². The number of hydrogen-bond donors (Lipinski definition) is 2. The normalized spacial score (nSPS) is 20.9. The van der Waals surface area contributed by atoms with Gasteiger partial charge in [-0.1, -0.05) is 13.0 Å². The number of carbonyl (C=O) groups is 1. The standard InChI is InChI=1S/C24H23N3O4/c1-2-24(30)17-8-19-21-15(10-27(19)22(28)16(17)11-31-23(24)29)14(9-25)20-13-5-3-4-12(13)6-7-18(20)26-21/h6-8,30H,2-5,9-11,25H2,1H3/t24-/m0/s1. The summed E-state index contributed by atoms with van der Waals surface area (Å²) >= 11 is 0. The average molecular weight is 417 g/mol. The Kier molecular flexibility index (Phi) is 3.77. The average Bonchev–Trinajstić information content (AvgIpc) is 3.40. The van der Waals surface area contributed by atoms with Crippen molar-refractivity contribution in [1.29, 1.82) is 0 Å². The second kappa shape index (κ2) is 6.24. The van der Waals surface area contributed by atoms with Crippen LogP contribution in [0.25, 0.3) is 22.3 Å². The number of fused-ring (bicyclic) bond motifs is 7. The maximum absolute atomic E-state index is 13.4. The van der Waals surface area contributed by atoms with E-state index < -0.39 is 11.6 Å². The molecule has 7 heteroatoms. The summed E-state index contributed by atoms with van der Waals surface area (Å²) in [4.78, 5) is 30.7. The van der Waals surface area contributed by atoms with E-state index >= 15 is 0 Å². The Morgan fingerprint density at radius 3 is 2.84 bits per heavy atom. The van der Waals surface area contributed by atoms with Crippen molar-refractivity contribution in [2.45, 2.75) is 57.9 Å². The van der Waals surface area contributed by atoms with Crippen LogP contribution in [0.1, 0.15) is 53.1 Å². The van der Waals surface area contributed by atoms with Crippen LogP contribution in [-0.4, -0.2) is 20.6 Å². The van der Waals surface area contributed by atoms with Crippen LogP contribution in [0.3, 0.4) is 0 Å². The first-order valence-corrected chi connectivity index (χ1v) is 10.8. The number of nitrogens with zero attached hydrogens (tertiary/aromatic N) is 2. The Morgan fingerprint density at radius 2 is 2.06 bits per heavy atom. The van der Waals surface area contributed by atoms with Crippen molar-refractivity contribution >= 4 is 16.9 Å². The van der Waals surface area contributed by atoms with Gasteiger partial charge in [-0.2, -0.15) is 0 Å². The zero-order chi connectivity index (χ0) is 21.5. The van der Waals surface area contributed by atoms with Crippen LogP contribution >= 0.6 is 0 Å². The van der Waals surface area contributed by atoms with Crippen molar-refractivity contribution in [3.05, 3.63) is 61.9 Å². The molecular weight excluding hydrogens is 394 g/mol. The third-order valence-electron chi connectivity index (χ3n) is 7.25. The number of aliphatic hydroxyl groups is 1. The number of carbonyl (C=O) groups excluding carboxylic acids is 1. The van der Waals surface area contributed by atoms with Crippen molar-refractivity contribution in [3.63, 3.8) is 0 Å². The number of benzene rings is 1. The number of rotatable bonds is 2. The monoisotopic (exact) mass is 417 g/mol. The van der Waals surface area contributed by atoms with Crippen LogP contribution in [0, 0.1) is 0 Å². The van der Waals surface area contributed by atoms with Crippen LogP contribution in [0.15, 0.2) is 23.0 Å². The number of hydrogen-bond acceptors (Lipinski definition) is 6. The maximum atomic E-state index is 13.4. The molecule has 0 spiro atoms. The highest BCUT2D eigenvalue weighted by molar-refractivity contribution is 5.92. The number of esters is 1. The Labute approximate surface area is 178 Å². The lowest BCUT2D eigenvalue weighted by Gasteiger charge is -2.31. The molecule has 2 aromatic heterocycles. The number of aromatic nitrogens is 2. The molecule has 0 unspecified atom stereocenters. The molecule has 31 heavy (non-hydrogen) atoms. The molecule has 1 aliphatic carbocycles. The van der Waals surface area contributed by atoms with Gasteiger partial charge in [-0.25, -0.2) is 9.78 Å². The number of aryl methyl sites for hydroxylation is 2. The third kappa shape index (κ3) is 2.28. The quantitative estimate of drug-likeness (QED) is 0.483. The second-order valence-electron chi connectivity index (χ2n) is 8.68. The van der Waals surface area contributed by atoms with E-state index in [0.29, 0.717) is 35.6 Å². The molecule has 158 valence electrons. The fourth-order valence-electron chi connectivity index (χ4n) is 5.58. The first kappa shape index (κ1) is 18.7. The zero-order valence-corrected chi connectivity index (χ0v) is 17.3. The van der Waals surface area contributed by atoms with E-state index in [0.717, 1.165) is 41.3 Å². The molecule has 0 saturated heterocycles. The van der Waals surface area contributed by atoms with Gasteiger partial charge in [0.05, 0.1) is 29.0 Å². The Bertz CT molecular complexity index is 1370. The molecule has 0 bridgehead atoms. The highest BCUT2D eigenvalue weighted by Gasteiger charge is 2.45. The SMILES string of the molecule is CC[C@@]1(O)C(=O)OCc2c1cc1n(c2=O)Cc2c-1nc1ccc3c(c1c2CN)CCC3. The van der Waals surface area contributed by atoms with Gasteiger partial charge in [-0.3, -0.25) is 4.79 Å². The van der Waals surface area contributed by atoms with Gasteiger partial charge < -0.3 is 20.1 Å². The zero-order valence-electron chi connectivity index (χ0n) is 17.3. The molecule has 0 radical (unpaired) electrons. The Balaban J connectivity index is 1.66. The van der Waals surface area contributed by atoms with E-state index in [4.69, 9.17) is 15.5 Å². The van der Waals surface area contributed by atoms with Crippen molar-refractivity contribution in [2.75, 3.05) is 0 Å². The fourth-order valence-corrected chi connectivity index (χ4v) is 5.58. The molecular formula is C24H23N3O4. The first-order valence-electron chi connectivity index (χ1n) is 10.8. The minimum absolute atomic E-state index is 0.125. The van der Waals surface area contributed by atoms with Crippen LogP contribution in [-0.2, 0) is 47.7 Å². The molecule has 3 N–H and O–H groups in total. The summed E-state index contributed by atoms with van der Waals surface area (Å²) in [6.45, 7) is 2.32. The smallest absolute Gasteiger partial charge is 0.343 e. The van der Waals surface area contributed by atoms with Crippen molar-refractivity contribution < 1.29 is 14.6 Å². The summed E-state index contributed by atoms with van der Waals surface area (Å²) in [5.74, 6) is -0.713. The van der Waals surface area contributed by atoms with E-state index in [2.05, 4.69) is 6.07 Å². The maximum Gasteiger partial charge on any atom is 0.343 e. The van der Waals surface area contributed by atoms with Gasteiger partial charge in [0.1, 0.15) is 6.61 Å². The molecule has 4 heterocycles. The molecule has 3 aliphatic rings. The summed E-state index contributed by atoms with van der Waals surface area (Å²) in [7, 11) is 0. The van der Waals surface area contributed by atoms with Gasteiger partial charge in [0.25, 0.3) is 5.56 Å². The predicted molar refractivity (Wildman–Crippen MR) is 114 cm³/mol. The molecule has 1 aromatic carbocycles. The Morgan fingerprint density at radius 1 is 1.23 bits per heavy atom. The first-order chi connectivity index (χ1) is 15.0. The molecule has 0 saturated carbocycles. The third-order valence-corrected chi connectivity index (χ3v) is 7.25. The minimum Gasteiger partial charge on any atom is -0.458 e. The lowest BCUT2D eigenvalue weighted by molar-refractivity contribution is -0.172. The second-order valence-corrected chi connectivity index (χ2v) is 8.68. The number of nitrogens with two attached hydrogens (primary N) is 1. The van der Waals surface area contributed by atoms with Gasteiger partial charge in [0, 0.05) is 23.1 Å². The van der Waals surface area contributed by atoms with Crippen LogP contribution in [0.4, 0.5) is 0 Å². The van der Waals surface area contributed by atoms with Crippen LogP contribution in [0.2, 0.25) is 0 Å². The van der Waals surface area contributed by atoms with Gasteiger partial charge >= 0.3 is 5.97 Å². The minimum atomic E-state index is -1.82. The van der Waals surface area contributed by atoms with E-state index in [-0.39, 0.29) is 18.6 Å². The topological polar surface area (TPSA) is 107 Å². The van der Waals surface area contributed by atoms with E-state index in [1.807, 2.05) is 6.07 Å². The van der Waals surface area contributed by atoms with Gasteiger partial charge in [-0.15, -0.1) is 0 Å². The highest BCUT2D eigenvalue weighted by Crippen LogP contribution is 2.41. The van der Waals surface area contributed by atoms with E-state index in [1.54, 1.807) is 17.6 Å². The van der Waals surface area contributed by atoms with E-state index in [1.165, 1.54) is 11.1 Å². The van der Waals surface area contributed by atoms with Crippen molar-refractivity contribution in [3.8, 4) is 11.4 Å². The number of pyridine rings is 2. The molecule has 6 rings (SSSR count). The summed E-state index contributed by atoms with van der Waals surface area (Å²) < 4.78 is 6.82. The lowest BCUT2D eigenvalue weighted by Crippen LogP contribution is -2.44. The van der Waals surface area contributed by atoms with Crippen LogP contribution in [0.5, 0.6) is 0 Å². The molecule has 2 aliphatic heterocycles. The van der Waals surface area contributed by atoms with Gasteiger partial charge in [0.2, 0.25) is 0 Å². The highest BCUT2D eigenvalue weighted by atomic mass is 16.6. The lowest BCUT2D eigenvalue weighted by atomic mass is 9.86. The molecule has 1 atom stereocenters. The predicted octanol–water partition coefficient (Wildman–Crippen LogP) is 2.03. The fraction of sp³-hybridized carbons (Fsp3) is 0.375. The van der Waals surface area contributed by atoms with Crippen molar-refractivity contribution in [1.82, 2.24) is 9.55 Å².